The van der Waals surface area contributed by atoms with Gasteiger partial charge in [0.05, 0.1) is 33.3 Å². The molecule has 0 saturated heterocycles. The number of aryl methyl sites for hydroxylation is 1. The fraction of sp³-hybridized carbons (Fsp3) is 0.0500. The molecule has 0 saturated carbocycles. The monoisotopic (exact) mass is 344 g/mol. The average molecular weight is 345 g/mol. The van der Waals surface area contributed by atoms with Gasteiger partial charge in [-0.25, -0.2) is 14.6 Å². The van der Waals surface area contributed by atoms with E-state index in [-0.39, 0.29) is 0 Å². The predicted octanol–water partition coefficient (Wildman–Crippen LogP) is 5.08. The van der Waals surface area contributed by atoms with Crippen LogP contribution in [0, 0.1) is 6.92 Å². The largest absolute Gasteiger partial charge is 0.247 e. The van der Waals surface area contributed by atoms with Crippen molar-refractivity contribution < 1.29 is 0 Å². The molecule has 0 unspecified atom stereocenters. The second kappa shape index (κ2) is 5.26. The van der Waals surface area contributed by atoms with Crippen molar-refractivity contribution in [3.8, 4) is 5.69 Å². The Kier molecular flexibility index (Phi) is 3.02. The number of aromatic nitrogens is 4. The van der Waals surface area contributed by atoms with Gasteiger partial charge in [-0.15, -0.1) is 0 Å². The van der Waals surface area contributed by atoms with Gasteiger partial charge >= 0.3 is 0 Å². The minimum absolute atomic E-state index is 0.694. The minimum atomic E-state index is 0.694. The van der Waals surface area contributed by atoms with E-state index < -0.39 is 0 Å². The van der Waals surface area contributed by atoms with Crippen LogP contribution in [0.2, 0.25) is 5.02 Å². The third-order valence-corrected chi connectivity index (χ3v) is 4.90. The van der Waals surface area contributed by atoms with Crippen molar-refractivity contribution in [2.45, 2.75) is 6.92 Å². The van der Waals surface area contributed by atoms with Crippen molar-refractivity contribution in [2.24, 2.45) is 0 Å². The van der Waals surface area contributed by atoms with Gasteiger partial charge in [0, 0.05) is 17.0 Å². The molecule has 0 aliphatic carbocycles. The lowest BCUT2D eigenvalue weighted by Gasteiger charge is -2.08. The molecule has 4 nitrogen and oxygen atoms in total. The van der Waals surface area contributed by atoms with E-state index in [0.717, 1.165) is 44.1 Å². The normalized spacial score (nSPS) is 11.6. The van der Waals surface area contributed by atoms with E-state index in [2.05, 4.69) is 10.1 Å². The number of hydrogen-bond acceptors (Lipinski definition) is 3. The van der Waals surface area contributed by atoms with E-state index in [9.17, 15) is 0 Å². The SMILES string of the molecule is Cc1cccc2nc3c(cnc4c3cnn4-c3ccccc3)c(Cl)c12. The quantitative estimate of drug-likeness (QED) is 0.398. The van der Waals surface area contributed by atoms with E-state index in [4.69, 9.17) is 16.6 Å². The molecule has 2 aromatic carbocycles. The van der Waals surface area contributed by atoms with Crippen LogP contribution in [0.3, 0.4) is 0 Å². The molecule has 0 aliphatic heterocycles. The van der Waals surface area contributed by atoms with Crippen LogP contribution in [0.25, 0.3) is 38.5 Å². The molecule has 0 fully saturated rings. The van der Waals surface area contributed by atoms with Crippen LogP contribution in [0.5, 0.6) is 0 Å². The number of para-hydroxylation sites is 1. The number of rotatable bonds is 1. The molecule has 25 heavy (non-hydrogen) atoms. The molecule has 5 aromatic rings. The van der Waals surface area contributed by atoms with Crippen LogP contribution >= 0.6 is 11.6 Å². The van der Waals surface area contributed by atoms with Crippen molar-refractivity contribution in [3.05, 3.63) is 71.5 Å². The Morgan fingerprint density at radius 2 is 1.76 bits per heavy atom. The van der Waals surface area contributed by atoms with Gasteiger partial charge in [-0.1, -0.05) is 41.9 Å². The van der Waals surface area contributed by atoms with Crippen LogP contribution < -0.4 is 0 Å². The first-order chi connectivity index (χ1) is 12.2. The van der Waals surface area contributed by atoms with E-state index in [1.165, 1.54) is 0 Å². The summed E-state index contributed by atoms with van der Waals surface area (Å²) in [5.74, 6) is 0. The number of hydrogen-bond donors (Lipinski definition) is 0. The standard InChI is InChI=1S/C20H13ClN4/c1-12-6-5-9-16-17(12)18(21)14-10-22-20-15(19(14)24-16)11-23-25(20)13-7-3-2-4-8-13/h2-11H,1H3. The van der Waals surface area contributed by atoms with Crippen molar-refractivity contribution in [3.63, 3.8) is 0 Å². The first-order valence-electron chi connectivity index (χ1n) is 8.01. The molecule has 0 amide bonds. The molecule has 120 valence electrons. The Morgan fingerprint density at radius 1 is 0.920 bits per heavy atom. The number of benzene rings is 2. The van der Waals surface area contributed by atoms with Gasteiger partial charge in [-0.3, -0.25) is 0 Å². The van der Waals surface area contributed by atoms with Gasteiger partial charge in [0.2, 0.25) is 0 Å². The number of halogens is 1. The van der Waals surface area contributed by atoms with E-state index >= 15 is 0 Å². The molecule has 0 spiro atoms. The highest BCUT2D eigenvalue weighted by Gasteiger charge is 2.15. The van der Waals surface area contributed by atoms with Gasteiger partial charge < -0.3 is 0 Å². The van der Waals surface area contributed by atoms with Gasteiger partial charge in [-0.2, -0.15) is 5.10 Å². The third-order valence-electron chi connectivity index (χ3n) is 4.51. The first kappa shape index (κ1) is 14.4. The zero-order chi connectivity index (χ0) is 17.0. The molecular formula is C20H13ClN4. The van der Waals surface area contributed by atoms with E-state index in [1.54, 1.807) is 6.20 Å². The predicted molar refractivity (Wildman–Crippen MR) is 101 cm³/mol. The van der Waals surface area contributed by atoms with Crippen molar-refractivity contribution in [2.75, 3.05) is 0 Å². The maximum atomic E-state index is 6.70. The Hall–Kier alpha value is -2.98. The number of fused-ring (bicyclic) bond motifs is 4. The second-order valence-electron chi connectivity index (χ2n) is 6.04. The molecule has 3 aromatic heterocycles. The second-order valence-corrected chi connectivity index (χ2v) is 6.42. The molecule has 5 rings (SSSR count). The summed E-state index contributed by atoms with van der Waals surface area (Å²) in [6, 6.07) is 16.0. The smallest absolute Gasteiger partial charge is 0.165 e. The fourth-order valence-electron chi connectivity index (χ4n) is 3.29. The Morgan fingerprint density at radius 3 is 2.60 bits per heavy atom. The number of pyridine rings is 2. The van der Waals surface area contributed by atoms with Crippen LogP contribution in [0.15, 0.2) is 60.9 Å². The lowest BCUT2D eigenvalue weighted by molar-refractivity contribution is 0.897. The van der Waals surface area contributed by atoms with Gasteiger partial charge in [0.25, 0.3) is 0 Å². The Bertz CT molecular complexity index is 1260. The van der Waals surface area contributed by atoms with Crippen molar-refractivity contribution in [1.82, 2.24) is 19.7 Å². The Labute approximate surface area is 148 Å². The van der Waals surface area contributed by atoms with Crippen LogP contribution in [0.1, 0.15) is 5.56 Å². The maximum Gasteiger partial charge on any atom is 0.165 e. The summed E-state index contributed by atoms with van der Waals surface area (Å²) in [6.45, 7) is 2.04. The van der Waals surface area contributed by atoms with Crippen molar-refractivity contribution in [1.29, 1.82) is 0 Å². The summed E-state index contributed by atoms with van der Waals surface area (Å²) >= 11 is 6.70. The maximum absolute atomic E-state index is 6.70. The average Bonchev–Trinajstić information content (AvgIpc) is 3.07. The molecule has 0 atom stereocenters. The lowest BCUT2D eigenvalue weighted by atomic mass is 10.1. The summed E-state index contributed by atoms with van der Waals surface area (Å²) in [4.78, 5) is 9.48. The summed E-state index contributed by atoms with van der Waals surface area (Å²) < 4.78 is 1.82. The van der Waals surface area contributed by atoms with Gasteiger partial charge in [-0.05, 0) is 30.7 Å². The van der Waals surface area contributed by atoms with Gasteiger partial charge in [0.1, 0.15) is 0 Å². The van der Waals surface area contributed by atoms with Crippen LogP contribution in [-0.4, -0.2) is 19.7 Å². The highest BCUT2D eigenvalue weighted by molar-refractivity contribution is 6.41. The van der Waals surface area contributed by atoms with Crippen LogP contribution in [0.4, 0.5) is 0 Å². The molecule has 0 radical (unpaired) electrons. The summed E-state index contributed by atoms with van der Waals surface area (Å²) in [6.07, 6.45) is 3.60. The summed E-state index contributed by atoms with van der Waals surface area (Å²) in [5.41, 5.74) is 4.56. The summed E-state index contributed by atoms with van der Waals surface area (Å²) in [5, 5.41) is 7.93. The number of nitrogens with zero attached hydrogens (tertiary/aromatic N) is 4. The molecule has 0 bridgehead atoms. The summed E-state index contributed by atoms with van der Waals surface area (Å²) in [7, 11) is 0. The molecular weight excluding hydrogens is 332 g/mol. The van der Waals surface area contributed by atoms with E-state index in [0.29, 0.717) is 5.02 Å². The minimum Gasteiger partial charge on any atom is -0.247 e. The zero-order valence-corrected chi connectivity index (χ0v) is 14.2. The zero-order valence-electron chi connectivity index (χ0n) is 13.4. The topological polar surface area (TPSA) is 43.6 Å². The third kappa shape index (κ3) is 2.04. The molecule has 3 heterocycles. The lowest BCUT2D eigenvalue weighted by Crippen LogP contribution is -1.97. The molecule has 0 aliphatic rings. The van der Waals surface area contributed by atoms with Crippen LogP contribution in [-0.2, 0) is 0 Å². The highest BCUT2D eigenvalue weighted by Crippen LogP contribution is 2.34. The van der Waals surface area contributed by atoms with E-state index in [1.807, 2.05) is 66.3 Å². The molecule has 5 heteroatoms. The Balaban J connectivity index is 1.90. The van der Waals surface area contributed by atoms with Crippen molar-refractivity contribution >= 4 is 44.4 Å². The highest BCUT2D eigenvalue weighted by atomic mass is 35.5. The first-order valence-corrected chi connectivity index (χ1v) is 8.38. The molecule has 0 N–H and O–H groups in total. The van der Waals surface area contributed by atoms with Gasteiger partial charge in [0.15, 0.2) is 5.65 Å². The fourth-order valence-corrected chi connectivity index (χ4v) is 3.67.